The Kier molecular flexibility index (Phi) is 5.62. The van der Waals surface area contributed by atoms with Crippen LogP contribution in [0.3, 0.4) is 0 Å². The zero-order chi connectivity index (χ0) is 24.7. The Morgan fingerprint density at radius 3 is 2.43 bits per heavy atom. The molecule has 0 unspecified atom stereocenters. The Morgan fingerprint density at radius 2 is 1.71 bits per heavy atom. The predicted octanol–water partition coefficient (Wildman–Crippen LogP) is 4.56. The number of sulfonamides is 1. The predicted molar refractivity (Wildman–Crippen MR) is 133 cm³/mol. The molecule has 2 aromatic carbocycles. The Bertz CT molecular complexity index is 1580. The van der Waals surface area contributed by atoms with Crippen molar-refractivity contribution in [3.63, 3.8) is 0 Å². The number of thiophene rings is 1. The van der Waals surface area contributed by atoms with E-state index in [0.29, 0.717) is 12.2 Å². The fourth-order valence-corrected chi connectivity index (χ4v) is 5.91. The molecule has 0 saturated carbocycles. The average molecular weight is 506 g/mol. The van der Waals surface area contributed by atoms with E-state index in [4.69, 9.17) is 5.11 Å². The second-order valence-corrected chi connectivity index (χ2v) is 10.9. The normalized spacial score (nSPS) is 13.1. The Hall–Kier alpha value is -4.02. The van der Waals surface area contributed by atoms with Crippen LogP contribution in [0.25, 0.3) is 20.9 Å². The topological polar surface area (TPSA) is 117 Å². The lowest BCUT2D eigenvalue weighted by molar-refractivity contribution is 0.0696. The highest BCUT2D eigenvalue weighted by atomic mass is 32.2. The van der Waals surface area contributed by atoms with Crippen LogP contribution in [0.15, 0.2) is 78.0 Å². The van der Waals surface area contributed by atoms with Gasteiger partial charge in [-0.1, -0.05) is 6.07 Å². The van der Waals surface area contributed by atoms with Crippen LogP contribution < -0.4 is 4.72 Å². The van der Waals surface area contributed by atoms with Crippen molar-refractivity contribution >= 4 is 38.9 Å². The monoisotopic (exact) mass is 505 g/mol. The van der Waals surface area contributed by atoms with Crippen LogP contribution in [-0.2, 0) is 16.6 Å². The molecule has 1 aliphatic heterocycles. The number of anilines is 1. The number of hydrogen-bond donors (Lipinski definition) is 2. The molecule has 2 aromatic heterocycles. The van der Waals surface area contributed by atoms with Gasteiger partial charge in [0.25, 0.3) is 15.9 Å². The van der Waals surface area contributed by atoms with Gasteiger partial charge in [0.2, 0.25) is 0 Å². The molecule has 3 heterocycles. The summed E-state index contributed by atoms with van der Waals surface area (Å²) in [5.41, 5.74) is 3.78. The number of benzene rings is 2. The van der Waals surface area contributed by atoms with E-state index in [1.54, 1.807) is 35.5 Å². The Balaban J connectivity index is 1.38. The number of aromatic nitrogens is 1. The SMILES string of the molecule is CN1Cc2cc(-c3ccc(-c4cncc(NS(=O)(=O)c5ccc(C(=O)O)cc5)c4)s3)ccc2C1=O. The van der Waals surface area contributed by atoms with Crippen molar-refractivity contribution in [1.29, 1.82) is 0 Å². The fraction of sp³-hybridized carbons (Fsp3) is 0.0800. The molecular weight excluding hydrogens is 486 g/mol. The molecule has 0 saturated heterocycles. The second-order valence-electron chi connectivity index (χ2n) is 8.09. The van der Waals surface area contributed by atoms with Gasteiger partial charge in [0.05, 0.1) is 22.3 Å². The molecule has 176 valence electrons. The van der Waals surface area contributed by atoms with Crippen LogP contribution in [0, 0.1) is 0 Å². The van der Waals surface area contributed by atoms with E-state index in [1.165, 1.54) is 30.5 Å². The van der Waals surface area contributed by atoms with Crippen molar-refractivity contribution in [3.05, 3.63) is 89.7 Å². The molecule has 2 N–H and O–H groups in total. The summed E-state index contributed by atoms with van der Waals surface area (Å²) in [5.74, 6) is -1.10. The second kappa shape index (κ2) is 8.64. The third kappa shape index (κ3) is 4.41. The number of carboxylic acid groups (broad SMARTS) is 1. The zero-order valence-electron chi connectivity index (χ0n) is 18.4. The van der Waals surface area contributed by atoms with Gasteiger partial charge in [-0.25, -0.2) is 13.2 Å². The molecule has 0 radical (unpaired) electrons. The first-order chi connectivity index (χ1) is 16.7. The molecule has 35 heavy (non-hydrogen) atoms. The van der Waals surface area contributed by atoms with Crippen molar-refractivity contribution < 1.29 is 23.1 Å². The van der Waals surface area contributed by atoms with E-state index in [1.807, 2.05) is 30.3 Å². The lowest BCUT2D eigenvalue weighted by atomic mass is 10.1. The van der Waals surface area contributed by atoms with Crippen LogP contribution in [-0.4, -0.2) is 42.3 Å². The van der Waals surface area contributed by atoms with Crippen molar-refractivity contribution in [2.75, 3.05) is 11.8 Å². The first-order valence-electron chi connectivity index (χ1n) is 10.5. The summed E-state index contributed by atoms with van der Waals surface area (Å²) in [6.45, 7) is 0.589. The van der Waals surface area contributed by atoms with Crippen molar-refractivity contribution in [3.8, 4) is 20.9 Å². The number of hydrogen-bond acceptors (Lipinski definition) is 6. The number of amides is 1. The number of rotatable bonds is 6. The molecule has 10 heteroatoms. The van der Waals surface area contributed by atoms with Gasteiger partial charge >= 0.3 is 5.97 Å². The van der Waals surface area contributed by atoms with Gasteiger partial charge in [0.15, 0.2) is 0 Å². The molecule has 1 aliphatic rings. The van der Waals surface area contributed by atoms with Crippen LogP contribution in [0.4, 0.5) is 5.69 Å². The number of nitrogens with zero attached hydrogens (tertiary/aromatic N) is 2. The van der Waals surface area contributed by atoms with Gasteiger partial charge in [-0.2, -0.15) is 0 Å². The summed E-state index contributed by atoms with van der Waals surface area (Å²) >= 11 is 1.54. The van der Waals surface area contributed by atoms with Gasteiger partial charge in [0, 0.05) is 40.7 Å². The van der Waals surface area contributed by atoms with Crippen molar-refractivity contribution in [2.24, 2.45) is 0 Å². The molecule has 0 atom stereocenters. The molecule has 0 fully saturated rings. The summed E-state index contributed by atoms with van der Waals surface area (Å²) < 4.78 is 28.0. The van der Waals surface area contributed by atoms with E-state index in [9.17, 15) is 18.0 Å². The van der Waals surface area contributed by atoms with Crippen molar-refractivity contribution in [2.45, 2.75) is 11.4 Å². The average Bonchev–Trinajstić information content (AvgIpc) is 3.44. The highest BCUT2D eigenvalue weighted by Crippen LogP contribution is 2.36. The highest BCUT2D eigenvalue weighted by molar-refractivity contribution is 7.92. The highest BCUT2D eigenvalue weighted by Gasteiger charge is 2.24. The standard InChI is InChI=1S/C25H19N3O5S2/c1-28-14-18-10-16(4-7-21(18)24(28)29)22-8-9-23(34-22)17-11-19(13-26-12-17)27-35(32,33)20-5-2-15(3-6-20)25(30)31/h2-13,27H,14H2,1H3,(H,30,31). The summed E-state index contributed by atoms with van der Waals surface area (Å²) in [6, 6.07) is 16.4. The van der Waals surface area contributed by atoms with Crippen LogP contribution in [0.1, 0.15) is 26.3 Å². The first-order valence-corrected chi connectivity index (χ1v) is 12.8. The molecule has 0 bridgehead atoms. The van der Waals surface area contributed by atoms with Crippen LogP contribution >= 0.6 is 11.3 Å². The Labute approximate surface area is 205 Å². The quantitative estimate of drug-likeness (QED) is 0.397. The van der Waals surface area contributed by atoms with Crippen molar-refractivity contribution in [1.82, 2.24) is 9.88 Å². The largest absolute Gasteiger partial charge is 0.478 e. The van der Waals surface area contributed by atoms with E-state index in [0.717, 1.165) is 32.0 Å². The van der Waals surface area contributed by atoms with Gasteiger partial charge in [-0.05, 0) is 65.7 Å². The maximum Gasteiger partial charge on any atom is 0.335 e. The van der Waals surface area contributed by atoms with E-state index in [-0.39, 0.29) is 16.4 Å². The number of carboxylic acids is 1. The van der Waals surface area contributed by atoms with Gasteiger partial charge in [0.1, 0.15) is 0 Å². The zero-order valence-corrected chi connectivity index (χ0v) is 20.1. The maximum atomic E-state index is 12.7. The number of pyridine rings is 1. The fourth-order valence-electron chi connectivity index (χ4n) is 3.89. The van der Waals surface area contributed by atoms with Gasteiger partial charge < -0.3 is 10.0 Å². The van der Waals surface area contributed by atoms with Crippen LogP contribution in [0.5, 0.6) is 0 Å². The van der Waals surface area contributed by atoms with E-state index < -0.39 is 16.0 Å². The third-order valence-electron chi connectivity index (χ3n) is 5.67. The molecule has 8 nitrogen and oxygen atoms in total. The summed E-state index contributed by atoms with van der Waals surface area (Å²) in [6.07, 6.45) is 3.07. The molecule has 0 aliphatic carbocycles. The lowest BCUT2D eigenvalue weighted by Crippen LogP contribution is -2.17. The van der Waals surface area contributed by atoms with Gasteiger partial charge in [-0.15, -0.1) is 11.3 Å². The summed E-state index contributed by atoms with van der Waals surface area (Å²) in [4.78, 5) is 30.9. The summed E-state index contributed by atoms with van der Waals surface area (Å²) in [5, 5.41) is 9.00. The van der Waals surface area contributed by atoms with Gasteiger partial charge in [-0.3, -0.25) is 14.5 Å². The molecule has 5 rings (SSSR count). The number of fused-ring (bicyclic) bond motifs is 1. The smallest absolute Gasteiger partial charge is 0.335 e. The Morgan fingerprint density at radius 1 is 1.00 bits per heavy atom. The number of carbonyl (C=O) groups is 2. The first kappa shape index (κ1) is 22.8. The number of nitrogens with one attached hydrogen (secondary N) is 1. The molecular formula is C25H19N3O5S2. The maximum absolute atomic E-state index is 12.7. The minimum atomic E-state index is -3.92. The number of carbonyl (C=O) groups excluding carboxylic acids is 1. The molecule has 4 aromatic rings. The summed E-state index contributed by atoms with van der Waals surface area (Å²) in [7, 11) is -2.14. The minimum Gasteiger partial charge on any atom is -0.478 e. The van der Waals surface area contributed by atoms with E-state index in [2.05, 4.69) is 9.71 Å². The van der Waals surface area contributed by atoms with E-state index >= 15 is 0 Å². The van der Waals surface area contributed by atoms with Crippen LogP contribution in [0.2, 0.25) is 0 Å². The molecule has 1 amide bonds. The third-order valence-corrected chi connectivity index (χ3v) is 8.25. The molecule has 0 spiro atoms. The minimum absolute atomic E-state index is 0.00287. The lowest BCUT2D eigenvalue weighted by Gasteiger charge is -2.09. The number of aromatic carboxylic acids is 1.